The number of benzene rings is 1. The molecule has 0 saturated carbocycles. The summed E-state index contributed by atoms with van der Waals surface area (Å²) in [6.07, 6.45) is 0. The molecule has 1 amide bonds. The third kappa shape index (κ3) is 5.23. The van der Waals surface area contributed by atoms with Gasteiger partial charge in [0.15, 0.2) is 10.9 Å². The lowest BCUT2D eigenvalue weighted by Gasteiger charge is -2.11. The number of hydrogen-bond acceptors (Lipinski definition) is 4. The topological polar surface area (TPSA) is 69.5 Å². The van der Waals surface area contributed by atoms with Gasteiger partial charge in [-0.3, -0.25) is 15.6 Å². The zero-order valence-electron chi connectivity index (χ0n) is 13.6. The molecule has 1 aromatic heterocycles. The Hall–Kier alpha value is -2.09. The van der Waals surface area contributed by atoms with E-state index in [1.54, 1.807) is 18.2 Å². The SMILES string of the molecule is Cc1ccc(NC(=S)NNC(=O)c2ccc(CN(C)C)o2)cc1Cl. The second kappa shape index (κ2) is 8.14. The van der Waals surface area contributed by atoms with Gasteiger partial charge in [-0.25, -0.2) is 0 Å². The van der Waals surface area contributed by atoms with Crippen molar-refractivity contribution < 1.29 is 9.21 Å². The molecule has 1 heterocycles. The Balaban J connectivity index is 1.85. The van der Waals surface area contributed by atoms with E-state index in [9.17, 15) is 4.79 Å². The predicted octanol–water partition coefficient (Wildman–Crippen LogP) is 2.93. The molecule has 24 heavy (non-hydrogen) atoms. The summed E-state index contributed by atoms with van der Waals surface area (Å²) < 4.78 is 5.46. The van der Waals surface area contributed by atoms with Gasteiger partial charge in [0.2, 0.25) is 0 Å². The molecule has 0 spiro atoms. The summed E-state index contributed by atoms with van der Waals surface area (Å²) >= 11 is 11.2. The van der Waals surface area contributed by atoms with Crippen LogP contribution < -0.4 is 16.2 Å². The molecule has 0 unspecified atom stereocenters. The molecule has 0 aliphatic heterocycles. The number of halogens is 1. The van der Waals surface area contributed by atoms with Crippen molar-refractivity contribution in [1.29, 1.82) is 0 Å². The van der Waals surface area contributed by atoms with E-state index >= 15 is 0 Å². The second-order valence-corrected chi connectivity index (χ2v) is 6.32. The zero-order chi connectivity index (χ0) is 17.7. The van der Waals surface area contributed by atoms with Gasteiger partial charge in [-0.15, -0.1) is 0 Å². The van der Waals surface area contributed by atoms with Crippen molar-refractivity contribution >= 4 is 40.5 Å². The molecule has 0 saturated heterocycles. The average molecular weight is 367 g/mol. The number of hydrazine groups is 1. The smallest absolute Gasteiger partial charge is 0.305 e. The third-order valence-electron chi connectivity index (χ3n) is 3.08. The van der Waals surface area contributed by atoms with Gasteiger partial charge in [0, 0.05) is 10.7 Å². The lowest BCUT2D eigenvalue weighted by molar-refractivity contribution is 0.0913. The van der Waals surface area contributed by atoms with Crippen LogP contribution in [-0.2, 0) is 6.54 Å². The molecule has 0 fully saturated rings. The van der Waals surface area contributed by atoms with Crippen LogP contribution in [0.15, 0.2) is 34.7 Å². The summed E-state index contributed by atoms with van der Waals surface area (Å²) in [7, 11) is 3.84. The third-order valence-corrected chi connectivity index (χ3v) is 3.69. The van der Waals surface area contributed by atoms with Crippen molar-refractivity contribution in [1.82, 2.24) is 15.8 Å². The maximum atomic E-state index is 12.0. The molecule has 0 bridgehead atoms. The number of hydrogen-bond donors (Lipinski definition) is 3. The molecule has 0 atom stereocenters. The number of anilines is 1. The molecule has 1 aromatic carbocycles. The fourth-order valence-corrected chi connectivity index (χ4v) is 2.25. The largest absolute Gasteiger partial charge is 0.454 e. The summed E-state index contributed by atoms with van der Waals surface area (Å²) in [4.78, 5) is 14.0. The molecule has 0 aliphatic carbocycles. The van der Waals surface area contributed by atoms with Crippen LogP contribution >= 0.6 is 23.8 Å². The number of aryl methyl sites for hydroxylation is 1. The number of rotatable bonds is 4. The molecule has 2 rings (SSSR count). The van der Waals surface area contributed by atoms with Crippen LogP contribution in [-0.4, -0.2) is 30.0 Å². The number of nitrogens with one attached hydrogen (secondary N) is 3. The van der Waals surface area contributed by atoms with Gasteiger partial charge >= 0.3 is 5.91 Å². The Bertz CT molecular complexity index is 745. The summed E-state index contributed by atoms with van der Waals surface area (Å²) in [5, 5.41) is 3.81. The molecule has 2 aromatic rings. The van der Waals surface area contributed by atoms with E-state index in [4.69, 9.17) is 28.2 Å². The molecule has 0 aliphatic rings. The van der Waals surface area contributed by atoms with E-state index in [-0.39, 0.29) is 10.9 Å². The van der Waals surface area contributed by atoms with Crippen LogP contribution in [0.4, 0.5) is 5.69 Å². The highest BCUT2D eigenvalue weighted by atomic mass is 35.5. The fraction of sp³-hybridized carbons (Fsp3) is 0.250. The minimum Gasteiger partial charge on any atom is -0.454 e. The van der Waals surface area contributed by atoms with Crippen LogP contribution in [0.2, 0.25) is 5.02 Å². The number of amides is 1. The first-order valence-electron chi connectivity index (χ1n) is 7.22. The van der Waals surface area contributed by atoms with Gasteiger partial charge in [-0.2, -0.15) is 0 Å². The molecule has 3 N–H and O–H groups in total. The summed E-state index contributed by atoms with van der Waals surface area (Å²) in [5.74, 6) is 0.506. The highest BCUT2D eigenvalue weighted by Crippen LogP contribution is 2.19. The van der Waals surface area contributed by atoms with Gasteiger partial charge in [0.1, 0.15) is 5.76 Å². The van der Waals surface area contributed by atoms with Crippen LogP contribution in [0.1, 0.15) is 21.9 Å². The van der Waals surface area contributed by atoms with Crippen molar-refractivity contribution in [2.45, 2.75) is 13.5 Å². The first-order valence-corrected chi connectivity index (χ1v) is 8.00. The predicted molar refractivity (Wildman–Crippen MR) is 99.1 cm³/mol. The van der Waals surface area contributed by atoms with E-state index in [0.717, 1.165) is 11.3 Å². The Kier molecular flexibility index (Phi) is 6.19. The lowest BCUT2D eigenvalue weighted by atomic mass is 10.2. The van der Waals surface area contributed by atoms with Crippen LogP contribution in [0.3, 0.4) is 0 Å². The van der Waals surface area contributed by atoms with Crippen molar-refractivity contribution in [2.75, 3.05) is 19.4 Å². The van der Waals surface area contributed by atoms with Crippen molar-refractivity contribution in [3.05, 3.63) is 52.4 Å². The van der Waals surface area contributed by atoms with E-state index < -0.39 is 5.91 Å². The quantitative estimate of drug-likeness (QED) is 0.571. The van der Waals surface area contributed by atoms with Gasteiger partial charge in [0.25, 0.3) is 0 Å². The number of furan rings is 1. The first-order chi connectivity index (χ1) is 11.3. The first kappa shape index (κ1) is 18.3. The number of nitrogens with zero attached hydrogens (tertiary/aromatic N) is 1. The normalized spacial score (nSPS) is 10.5. The monoisotopic (exact) mass is 366 g/mol. The zero-order valence-corrected chi connectivity index (χ0v) is 15.2. The fourth-order valence-electron chi connectivity index (χ4n) is 1.90. The maximum absolute atomic E-state index is 12.0. The minimum atomic E-state index is -0.411. The summed E-state index contributed by atoms with van der Waals surface area (Å²) in [5.41, 5.74) is 6.80. The van der Waals surface area contributed by atoms with Crippen molar-refractivity contribution in [2.24, 2.45) is 0 Å². The van der Waals surface area contributed by atoms with Gasteiger partial charge in [-0.05, 0) is 63.1 Å². The molecule has 0 radical (unpaired) electrons. The number of carbonyl (C=O) groups excluding carboxylic acids is 1. The Morgan fingerprint density at radius 2 is 2.00 bits per heavy atom. The highest BCUT2D eigenvalue weighted by Gasteiger charge is 2.12. The molecule has 6 nitrogen and oxygen atoms in total. The van der Waals surface area contributed by atoms with Crippen LogP contribution in [0, 0.1) is 6.92 Å². The molecular weight excluding hydrogens is 348 g/mol. The number of carbonyl (C=O) groups is 1. The van der Waals surface area contributed by atoms with E-state index in [0.29, 0.717) is 17.3 Å². The van der Waals surface area contributed by atoms with Gasteiger partial charge < -0.3 is 14.6 Å². The van der Waals surface area contributed by atoms with Crippen LogP contribution in [0.5, 0.6) is 0 Å². The summed E-state index contributed by atoms with van der Waals surface area (Å²) in [6, 6.07) is 8.86. The Morgan fingerprint density at radius 1 is 1.25 bits per heavy atom. The maximum Gasteiger partial charge on any atom is 0.305 e. The average Bonchev–Trinajstić information content (AvgIpc) is 2.96. The van der Waals surface area contributed by atoms with E-state index in [1.165, 1.54) is 0 Å². The number of thiocarbonyl (C=S) groups is 1. The Labute approximate surface area is 151 Å². The van der Waals surface area contributed by atoms with Gasteiger partial charge in [0.05, 0.1) is 6.54 Å². The Morgan fingerprint density at radius 3 is 2.67 bits per heavy atom. The standard InChI is InChI=1S/C16H19ClN4O2S/c1-10-4-5-11(8-13(10)17)18-16(24)20-19-15(22)14-7-6-12(23-14)9-21(2)3/h4-8H,9H2,1-3H3,(H,19,22)(H2,18,20,24). The minimum absolute atomic E-state index is 0.209. The van der Waals surface area contributed by atoms with Crippen molar-refractivity contribution in [3.8, 4) is 0 Å². The second-order valence-electron chi connectivity index (χ2n) is 5.50. The van der Waals surface area contributed by atoms with Crippen molar-refractivity contribution in [3.63, 3.8) is 0 Å². The lowest BCUT2D eigenvalue weighted by Crippen LogP contribution is -2.43. The molecule has 8 heteroatoms. The van der Waals surface area contributed by atoms with Crippen LogP contribution in [0.25, 0.3) is 0 Å². The van der Waals surface area contributed by atoms with E-state index in [1.807, 2.05) is 38.1 Å². The van der Waals surface area contributed by atoms with Gasteiger partial charge in [-0.1, -0.05) is 17.7 Å². The van der Waals surface area contributed by atoms with E-state index in [2.05, 4.69) is 16.2 Å². The highest BCUT2D eigenvalue weighted by molar-refractivity contribution is 7.80. The molecule has 128 valence electrons. The molecular formula is C16H19ClN4O2S. The summed E-state index contributed by atoms with van der Waals surface area (Å²) in [6.45, 7) is 2.53.